The maximum Gasteiger partial charge on any atom is 0.321 e. The Morgan fingerprint density at radius 1 is 1.27 bits per heavy atom. The molecule has 4 aromatic rings. The maximum absolute atomic E-state index is 12.4. The number of H-pyrrole nitrogens is 1. The Kier molecular flexibility index (Phi) is 5.27. The van der Waals surface area contributed by atoms with E-state index in [9.17, 15) is 9.59 Å². The lowest BCUT2D eigenvalue weighted by molar-refractivity contribution is 0.252. The molecule has 3 aromatic heterocycles. The lowest BCUT2D eigenvalue weighted by atomic mass is 10.1. The van der Waals surface area contributed by atoms with Crippen molar-refractivity contribution in [2.75, 3.05) is 18.1 Å². The highest BCUT2D eigenvalue weighted by molar-refractivity contribution is 7.98. The lowest BCUT2D eigenvalue weighted by Gasteiger charge is -2.09. The number of amides is 2. The summed E-state index contributed by atoms with van der Waals surface area (Å²) in [5.74, 6) is 0.309. The Bertz CT molecular complexity index is 1280. The summed E-state index contributed by atoms with van der Waals surface area (Å²) in [6.45, 7) is 2.33. The largest absolute Gasteiger partial charge is 0.338 e. The van der Waals surface area contributed by atoms with Gasteiger partial charge in [0.15, 0.2) is 5.16 Å². The van der Waals surface area contributed by atoms with Crippen LogP contribution in [0.5, 0.6) is 0 Å². The second-order valence-electron chi connectivity index (χ2n) is 6.44. The van der Waals surface area contributed by atoms with E-state index < -0.39 is 0 Å². The molecular formula is C19H20N8O2S. The number of carbonyl (C=O) groups is 1. The van der Waals surface area contributed by atoms with Crippen molar-refractivity contribution in [3.05, 3.63) is 47.0 Å². The Morgan fingerprint density at radius 3 is 2.80 bits per heavy atom. The number of rotatable bonds is 5. The predicted molar refractivity (Wildman–Crippen MR) is 116 cm³/mol. The number of nitrogens with one attached hydrogen (secondary N) is 3. The van der Waals surface area contributed by atoms with Crippen molar-refractivity contribution >= 4 is 34.8 Å². The van der Waals surface area contributed by atoms with E-state index >= 15 is 0 Å². The minimum absolute atomic E-state index is 0.145. The molecule has 3 N–H and O–H groups in total. The second-order valence-corrected chi connectivity index (χ2v) is 7.21. The molecular weight excluding hydrogens is 404 g/mol. The van der Waals surface area contributed by atoms with Crippen LogP contribution in [0.15, 0.2) is 46.6 Å². The van der Waals surface area contributed by atoms with E-state index in [4.69, 9.17) is 0 Å². The highest BCUT2D eigenvalue weighted by Gasteiger charge is 2.16. The summed E-state index contributed by atoms with van der Waals surface area (Å²) in [4.78, 5) is 36.5. The summed E-state index contributed by atoms with van der Waals surface area (Å²) >= 11 is 1.40. The first-order chi connectivity index (χ1) is 14.5. The SMILES string of the molecule is CCNC(=O)Nc1nc2c(-n3cccn3)cc(-c3cc(=O)n(C)c(SC)n3)cc2[nH]1. The summed E-state index contributed by atoms with van der Waals surface area (Å²) in [6, 6.07) is 6.68. The summed E-state index contributed by atoms with van der Waals surface area (Å²) in [5, 5.41) is 10.3. The van der Waals surface area contributed by atoms with Gasteiger partial charge in [-0.3, -0.25) is 14.7 Å². The van der Waals surface area contributed by atoms with E-state index in [-0.39, 0.29) is 11.6 Å². The Hall–Kier alpha value is -3.60. The summed E-state index contributed by atoms with van der Waals surface area (Å²) < 4.78 is 3.19. The molecule has 154 valence electrons. The van der Waals surface area contributed by atoms with Gasteiger partial charge in [-0.2, -0.15) is 5.10 Å². The van der Waals surface area contributed by atoms with E-state index in [0.717, 1.165) is 5.56 Å². The number of hydrogen-bond acceptors (Lipinski definition) is 6. The van der Waals surface area contributed by atoms with Gasteiger partial charge in [-0.1, -0.05) is 11.8 Å². The molecule has 0 aliphatic carbocycles. The molecule has 1 aromatic carbocycles. The van der Waals surface area contributed by atoms with Gasteiger partial charge in [-0.05, 0) is 31.4 Å². The van der Waals surface area contributed by atoms with Crippen molar-refractivity contribution in [1.29, 1.82) is 0 Å². The van der Waals surface area contributed by atoms with Gasteiger partial charge in [0.1, 0.15) is 5.52 Å². The number of aromatic amines is 1. The second kappa shape index (κ2) is 8.03. The van der Waals surface area contributed by atoms with E-state index in [0.29, 0.717) is 40.1 Å². The molecule has 10 nitrogen and oxygen atoms in total. The van der Waals surface area contributed by atoms with Gasteiger partial charge in [0, 0.05) is 37.6 Å². The number of benzene rings is 1. The van der Waals surface area contributed by atoms with Crippen molar-refractivity contribution in [3.63, 3.8) is 0 Å². The first-order valence-electron chi connectivity index (χ1n) is 9.21. The van der Waals surface area contributed by atoms with Gasteiger partial charge in [0.25, 0.3) is 5.56 Å². The number of carbonyl (C=O) groups excluding carboxylic acids is 1. The normalized spacial score (nSPS) is 11.0. The van der Waals surface area contributed by atoms with Gasteiger partial charge in [0.05, 0.1) is 16.9 Å². The fraction of sp³-hybridized carbons (Fsp3) is 0.211. The fourth-order valence-corrected chi connectivity index (χ4v) is 3.61. The Labute approximate surface area is 175 Å². The number of hydrogen-bond donors (Lipinski definition) is 3. The van der Waals surface area contributed by atoms with Crippen molar-refractivity contribution in [1.82, 2.24) is 34.6 Å². The molecule has 0 fully saturated rings. The molecule has 0 aliphatic rings. The molecule has 3 heterocycles. The highest BCUT2D eigenvalue weighted by Crippen LogP contribution is 2.29. The molecule has 0 unspecified atom stereocenters. The molecule has 4 rings (SSSR count). The van der Waals surface area contributed by atoms with Crippen LogP contribution in [-0.2, 0) is 7.05 Å². The standard InChI is InChI=1S/C19H20N8O2S/c1-4-20-18(29)25-17-22-13-8-11(12-10-15(28)26(2)19(23-12)30-3)9-14(16(13)24-17)27-7-5-6-21-27/h5-10H,4H2,1-3H3,(H3,20,22,24,25,29). The Morgan fingerprint density at radius 2 is 2.10 bits per heavy atom. The molecule has 0 saturated heterocycles. The smallest absolute Gasteiger partial charge is 0.321 e. The van der Waals surface area contributed by atoms with E-state index in [1.165, 1.54) is 22.4 Å². The summed E-state index contributed by atoms with van der Waals surface area (Å²) in [5.41, 5.74) is 3.13. The molecule has 0 aliphatic heterocycles. The van der Waals surface area contributed by atoms with Crippen LogP contribution >= 0.6 is 11.8 Å². The Balaban J connectivity index is 1.89. The summed E-state index contributed by atoms with van der Waals surface area (Å²) in [6.07, 6.45) is 5.34. The zero-order valence-corrected chi connectivity index (χ0v) is 17.4. The quantitative estimate of drug-likeness (QED) is 0.334. The maximum atomic E-state index is 12.4. The molecule has 0 spiro atoms. The van der Waals surface area contributed by atoms with Crippen LogP contribution in [0.25, 0.3) is 28.0 Å². The van der Waals surface area contributed by atoms with Gasteiger partial charge < -0.3 is 10.3 Å². The van der Waals surface area contributed by atoms with Crippen LogP contribution in [0.1, 0.15) is 6.92 Å². The molecule has 30 heavy (non-hydrogen) atoms. The number of imidazole rings is 1. The molecule has 0 bridgehead atoms. The number of anilines is 1. The number of thioether (sulfide) groups is 1. The molecule has 0 atom stereocenters. The predicted octanol–water partition coefficient (Wildman–Crippen LogP) is 2.37. The van der Waals surface area contributed by atoms with Crippen LogP contribution in [0.3, 0.4) is 0 Å². The van der Waals surface area contributed by atoms with Gasteiger partial charge in [0.2, 0.25) is 5.95 Å². The zero-order valence-electron chi connectivity index (χ0n) is 16.6. The fourth-order valence-electron chi connectivity index (χ4n) is 3.05. The molecule has 0 saturated carbocycles. The van der Waals surface area contributed by atoms with E-state index in [2.05, 4.69) is 30.7 Å². The van der Waals surface area contributed by atoms with Gasteiger partial charge in [-0.15, -0.1) is 0 Å². The number of nitrogens with zero attached hydrogens (tertiary/aromatic N) is 5. The van der Waals surface area contributed by atoms with Crippen LogP contribution < -0.4 is 16.2 Å². The topological polar surface area (TPSA) is 123 Å². The molecule has 2 amide bonds. The van der Waals surface area contributed by atoms with Gasteiger partial charge in [-0.25, -0.2) is 19.4 Å². The summed E-state index contributed by atoms with van der Waals surface area (Å²) in [7, 11) is 1.69. The first kappa shape index (κ1) is 19.7. The van der Waals surface area contributed by atoms with Crippen molar-refractivity contribution in [2.45, 2.75) is 12.1 Å². The minimum Gasteiger partial charge on any atom is -0.338 e. The monoisotopic (exact) mass is 424 g/mol. The highest BCUT2D eigenvalue weighted by atomic mass is 32.2. The van der Waals surface area contributed by atoms with Crippen molar-refractivity contribution in [2.24, 2.45) is 7.05 Å². The van der Waals surface area contributed by atoms with Crippen molar-refractivity contribution < 1.29 is 4.79 Å². The number of urea groups is 1. The van der Waals surface area contributed by atoms with E-state index in [1.807, 2.05) is 25.3 Å². The first-order valence-corrected chi connectivity index (χ1v) is 10.4. The van der Waals surface area contributed by atoms with Crippen LogP contribution in [0.4, 0.5) is 10.7 Å². The molecule has 0 radical (unpaired) electrons. The lowest BCUT2D eigenvalue weighted by Crippen LogP contribution is -2.28. The van der Waals surface area contributed by atoms with Crippen LogP contribution in [0.2, 0.25) is 0 Å². The molecule has 11 heteroatoms. The third-order valence-electron chi connectivity index (χ3n) is 4.46. The number of fused-ring (bicyclic) bond motifs is 1. The minimum atomic E-state index is -0.352. The van der Waals surface area contributed by atoms with Crippen molar-refractivity contribution in [3.8, 4) is 16.9 Å². The third kappa shape index (κ3) is 3.66. The average molecular weight is 424 g/mol. The number of aromatic nitrogens is 6. The van der Waals surface area contributed by atoms with E-state index in [1.54, 1.807) is 30.2 Å². The van der Waals surface area contributed by atoms with Gasteiger partial charge >= 0.3 is 6.03 Å². The average Bonchev–Trinajstić information content (AvgIpc) is 3.38. The zero-order chi connectivity index (χ0) is 21.3. The van der Waals surface area contributed by atoms with Crippen LogP contribution in [0, 0.1) is 0 Å². The third-order valence-corrected chi connectivity index (χ3v) is 5.19. The van der Waals surface area contributed by atoms with Crippen LogP contribution in [-0.4, -0.2) is 48.1 Å².